The molecule has 0 aliphatic carbocycles. The number of anilines is 1. The van der Waals surface area contributed by atoms with Gasteiger partial charge >= 0.3 is 0 Å². The van der Waals surface area contributed by atoms with E-state index in [1.165, 1.54) is 29.3 Å². The molecule has 1 unspecified atom stereocenters. The van der Waals surface area contributed by atoms with Gasteiger partial charge in [-0.15, -0.1) is 29.3 Å². The number of nitrogens with zero attached hydrogens (tertiary/aromatic N) is 3. The number of pyridine rings is 1. The number of allylic oxidation sites excluding steroid dienone is 1. The number of halogens is 1. The smallest absolute Gasteiger partial charge is 0.263 e. The number of hydrogen-bond donors (Lipinski definition) is 1. The normalized spacial score (nSPS) is 12.1. The molecule has 0 aliphatic heterocycles. The Morgan fingerprint density at radius 2 is 2.23 bits per heavy atom. The standard InChI is InChI=1S/C21H17ClN4O2S3/c1-3-8-26-20(28)17-14(15-5-4-9-29-15)11-30-19(17)25-21(26)31-12(2)18(27)24-16-7-6-13(22)10-23-16/h3-7,9-12H,1,8H2,2H3,(H,23,24,27). The molecule has 0 spiro atoms. The van der Waals surface area contributed by atoms with Gasteiger partial charge in [0.05, 0.1) is 15.7 Å². The Kier molecular flexibility index (Phi) is 6.57. The van der Waals surface area contributed by atoms with E-state index in [0.29, 0.717) is 32.8 Å². The summed E-state index contributed by atoms with van der Waals surface area (Å²) in [4.78, 5) is 36.5. The highest BCUT2D eigenvalue weighted by molar-refractivity contribution is 8.00. The zero-order valence-corrected chi connectivity index (χ0v) is 19.6. The van der Waals surface area contributed by atoms with Crippen molar-refractivity contribution in [2.75, 3.05) is 5.32 Å². The van der Waals surface area contributed by atoms with Gasteiger partial charge in [-0.05, 0) is 30.5 Å². The van der Waals surface area contributed by atoms with Gasteiger partial charge in [0.1, 0.15) is 10.6 Å². The zero-order valence-electron chi connectivity index (χ0n) is 16.4. The summed E-state index contributed by atoms with van der Waals surface area (Å²) in [6, 6.07) is 7.23. The van der Waals surface area contributed by atoms with Gasteiger partial charge in [-0.2, -0.15) is 0 Å². The van der Waals surface area contributed by atoms with Crippen molar-refractivity contribution in [3.8, 4) is 10.4 Å². The summed E-state index contributed by atoms with van der Waals surface area (Å²) in [5.41, 5.74) is 0.755. The molecule has 10 heteroatoms. The summed E-state index contributed by atoms with van der Waals surface area (Å²) in [5.74, 6) is 0.164. The molecule has 4 heterocycles. The number of thiophene rings is 2. The molecule has 31 heavy (non-hydrogen) atoms. The number of hydrogen-bond acceptors (Lipinski definition) is 7. The quantitative estimate of drug-likeness (QED) is 0.210. The minimum atomic E-state index is -0.505. The third kappa shape index (κ3) is 4.59. The number of carbonyl (C=O) groups is 1. The Hall–Kier alpha value is -2.46. The average molecular weight is 489 g/mol. The SMILES string of the molecule is C=CCn1c(SC(C)C(=O)Nc2ccc(Cl)cn2)nc2scc(-c3cccs3)c2c1=O. The van der Waals surface area contributed by atoms with Gasteiger partial charge in [0.25, 0.3) is 5.56 Å². The van der Waals surface area contributed by atoms with Crippen molar-refractivity contribution < 1.29 is 4.79 Å². The first kappa shape index (κ1) is 21.8. The van der Waals surface area contributed by atoms with E-state index in [2.05, 4.69) is 16.9 Å². The fraction of sp³-hybridized carbons (Fsp3) is 0.143. The molecule has 1 N–H and O–H groups in total. The Bertz CT molecular complexity index is 1300. The van der Waals surface area contributed by atoms with Gasteiger partial charge in [0.15, 0.2) is 5.16 Å². The van der Waals surface area contributed by atoms with E-state index in [4.69, 9.17) is 16.6 Å². The number of aromatic nitrogens is 3. The third-order valence-corrected chi connectivity index (χ3v) is 7.48. The molecule has 0 saturated heterocycles. The molecule has 4 aromatic heterocycles. The van der Waals surface area contributed by atoms with Crippen LogP contribution in [0.15, 0.2) is 63.8 Å². The van der Waals surface area contributed by atoms with E-state index in [9.17, 15) is 9.59 Å². The van der Waals surface area contributed by atoms with Crippen molar-refractivity contribution in [3.63, 3.8) is 0 Å². The summed E-state index contributed by atoms with van der Waals surface area (Å²) in [7, 11) is 0. The van der Waals surface area contributed by atoms with E-state index in [1.54, 1.807) is 41.0 Å². The lowest BCUT2D eigenvalue weighted by atomic mass is 10.2. The van der Waals surface area contributed by atoms with Crippen LogP contribution in [0.25, 0.3) is 20.7 Å². The molecule has 6 nitrogen and oxygen atoms in total. The minimum absolute atomic E-state index is 0.135. The first-order valence-corrected chi connectivity index (χ1v) is 12.3. The summed E-state index contributed by atoms with van der Waals surface area (Å²) >= 11 is 10.1. The first-order chi connectivity index (χ1) is 15.0. The fourth-order valence-corrected chi connectivity index (χ4v) is 5.72. The summed E-state index contributed by atoms with van der Waals surface area (Å²) < 4.78 is 1.56. The van der Waals surface area contributed by atoms with Crippen LogP contribution in [0.4, 0.5) is 5.82 Å². The van der Waals surface area contributed by atoms with Crippen LogP contribution in [-0.2, 0) is 11.3 Å². The van der Waals surface area contributed by atoms with E-state index < -0.39 is 5.25 Å². The minimum Gasteiger partial charge on any atom is -0.310 e. The van der Waals surface area contributed by atoms with Gasteiger partial charge in [-0.25, -0.2) is 9.97 Å². The van der Waals surface area contributed by atoms with Gasteiger partial charge in [-0.3, -0.25) is 14.2 Å². The van der Waals surface area contributed by atoms with Crippen LogP contribution in [0, 0.1) is 0 Å². The highest BCUT2D eigenvalue weighted by Crippen LogP contribution is 2.35. The van der Waals surface area contributed by atoms with Crippen molar-refractivity contribution in [2.24, 2.45) is 0 Å². The fourth-order valence-electron chi connectivity index (χ4n) is 2.89. The molecule has 0 aliphatic rings. The zero-order chi connectivity index (χ0) is 22.0. The van der Waals surface area contributed by atoms with Crippen LogP contribution < -0.4 is 10.9 Å². The van der Waals surface area contributed by atoms with Crippen molar-refractivity contribution >= 4 is 68.0 Å². The molecule has 0 bridgehead atoms. The van der Waals surface area contributed by atoms with Crippen molar-refractivity contribution in [3.05, 3.63) is 69.3 Å². The second-order valence-corrected chi connectivity index (χ2v) is 10.1. The van der Waals surface area contributed by atoms with E-state index in [0.717, 1.165) is 10.4 Å². The van der Waals surface area contributed by atoms with E-state index >= 15 is 0 Å². The van der Waals surface area contributed by atoms with E-state index in [1.807, 2.05) is 22.9 Å². The number of amides is 1. The van der Waals surface area contributed by atoms with Crippen LogP contribution in [0.1, 0.15) is 6.92 Å². The molecule has 1 atom stereocenters. The second-order valence-electron chi connectivity index (χ2n) is 6.52. The van der Waals surface area contributed by atoms with Gasteiger partial charge < -0.3 is 5.32 Å². The molecule has 0 radical (unpaired) electrons. The Labute approximate surface area is 195 Å². The topological polar surface area (TPSA) is 76.9 Å². The van der Waals surface area contributed by atoms with Crippen LogP contribution >= 0.6 is 46.0 Å². The van der Waals surface area contributed by atoms with Crippen LogP contribution in [-0.4, -0.2) is 25.7 Å². The molecule has 4 aromatic rings. The molecule has 0 saturated carbocycles. The molecule has 4 rings (SSSR count). The predicted molar refractivity (Wildman–Crippen MR) is 131 cm³/mol. The Morgan fingerprint density at radius 3 is 2.90 bits per heavy atom. The number of fused-ring (bicyclic) bond motifs is 1. The number of nitrogens with one attached hydrogen (secondary N) is 1. The lowest BCUT2D eigenvalue weighted by Gasteiger charge is -2.15. The number of carbonyl (C=O) groups excluding carboxylic acids is 1. The molecular formula is C21H17ClN4O2S3. The van der Waals surface area contributed by atoms with Crippen LogP contribution in [0.5, 0.6) is 0 Å². The molecule has 0 aromatic carbocycles. The first-order valence-electron chi connectivity index (χ1n) is 9.24. The van der Waals surface area contributed by atoms with Gasteiger partial charge in [0.2, 0.25) is 5.91 Å². The van der Waals surface area contributed by atoms with Crippen molar-refractivity contribution in [2.45, 2.75) is 23.9 Å². The Morgan fingerprint density at radius 1 is 1.39 bits per heavy atom. The maximum absolute atomic E-state index is 13.3. The monoisotopic (exact) mass is 488 g/mol. The molecule has 1 amide bonds. The lowest BCUT2D eigenvalue weighted by molar-refractivity contribution is -0.115. The maximum atomic E-state index is 13.3. The summed E-state index contributed by atoms with van der Waals surface area (Å²) in [5, 5.41) is 7.75. The second kappa shape index (κ2) is 9.35. The van der Waals surface area contributed by atoms with Gasteiger partial charge in [-0.1, -0.05) is 35.5 Å². The number of thioether (sulfide) groups is 1. The summed E-state index contributed by atoms with van der Waals surface area (Å²) in [6.45, 7) is 5.83. The van der Waals surface area contributed by atoms with Crippen molar-refractivity contribution in [1.29, 1.82) is 0 Å². The highest BCUT2D eigenvalue weighted by atomic mass is 35.5. The average Bonchev–Trinajstić information content (AvgIpc) is 3.42. The molecular weight excluding hydrogens is 472 g/mol. The van der Waals surface area contributed by atoms with Crippen LogP contribution in [0.3, 0.4) is 0 Å². The van der Waals surface area contributed by atoms with Gasteiger partial charge in [0, 0.05) is 28.6 Å². The number of rotatable bonds is 7. The molecule has 0 fully saturated rings. The highest BCUT2D eigenvalue weighted by Gasteiger charge is 2.22. The van der Waals surface area contributed by atoms with Crippen molar-refractivity contribution in [1.82, 2.24) is 14.5 Å². The lowest BCUT2D eigenvalue weighted by Crippen LogP contribution is -2.26. The largest absolute Gasteiger partial charge is 0.310 e. The van der Waals surface area contributed by atoms with E-state index in [-0.39, 0.29) is 11.5 Å². The maximum Gasteiger partial charge on any atom is 0.263 e. The predicted octanol–water partition coefficient (Wildman–Crippen LogP) is 5.54. The molecule has 158 valence electrons. The summed E-state index contributed by atoms with van der Waals surface area (Å²) in [6.07, 6.45) is 3.12. The van der Waals surface area contributed by atoms with Crippen LogP contribution in [0.2, 0.25) is 5.02 Å². The Balaban J connectivity index is 1.65. The third-order valence-electron chi connectivity index (χ3n) is 4.39.